The summed E-state index contributed by atoms with van der Waals surface area (Å²) in [6.45, 7) is 0. The highest BCUT2D eigenvalue weighted by molar-refractivity contribution is 9.08. The van der Waals surface area contributed by atoms with Crippen molar-refractivity contribution in [2.24, 2.45) is 5.73 Å². The lowest BCUT2D eigenvalue weighted by molar-refractivity contribution is 0.100. The van der Waals surface area contributed by atoms with Gasteiger partial charge in [-0.05, 0) is 18.2 Å². The fourth-order valence-electron chi connectivity index (χ4n) is 2.70. The summed E-state index contributed by atoms with van der Waals surface area (Å²) < 4.78 is 1.48. The smallest absolute Gasteiger partial charge is 0.264 e. The first kappa shape index (κ1) is 15.8. The number of rotatable bonds is 3. The summed E-state index contributed by atoms with van der Waals surface area (Å²) in [5.74, 6) is -0.601. The molecule has 23 heavy (non-hydrogen) atoms. The van der Waals surface area contributed by atoms with Crippen LogP contribution in [0.15, 0.2) is 53.3 Å². The third kappa shape index (κ3) is 2.56. The molecule has 0 fully saturated rings. The summed E-state index contributed by atoms with van der Waals surface area (Å²) in [5.41, 5.74) is 6.75. The Morgan fingerprint density at radius 1 is 1.13 bits per heavy atom. The second-order valence-electron chi connectivity index (χ2n) is 4.96. The van der Waals surface area contributed by atoms with Gasteiger partial charge in [-0.15, -0.1) is 0 Å². The zero-order valence-corrected chi connectivity index (χ0v) is 14.3. The fourth-order valence-corrected chi connectivity index (χ4v) is 3.49. The lowest BCUT2D eigenvalue weighted by Gasteiger charge is -2.17. The van der Waals surface area contributed by atoms with Gasteiger partial charge in [-0.2, -0.15) is 0 Å². The maximum Gasteiger partial charge on any atom is 0.264 e. The van der Waals surface area contributed by atoms with Gasteiger partial charge in [0.15, 0.2) is 0 Å². The molecule has 0 aliphatic carbocycles. The molecule has 2 aromatic carbocycles. The second-order valence-corrected chi connectivity index (χ2v) is 5.93. The molecule has 0 aliphatic heterocycles. The van der Waals surface area contributed by atoms with Crippen molar-refractivity contribution in [3.05, 3.63) is 75.2 Å². The zero-order valence-electron chi connectivity index (χ0n) is 11.9. The fraction of sp³-hybridized carbons (Fsp3) is 0.0588. The minimum Gasteiger partial charge on any atom is -0.366 e. The lowest BCUT2D eigenvalue weighted by Crippen LogP contribution is -2.27. The Kier molecular flexibility index (Phi) is 4.24. The van der Waals surface area contributed by atoms with Gasteiger partial charge in [-0.25, -0.2) is 0 Å². The van der Waals surface area contributed by atoms with Gasteiger partial charge in [0.1, 0.15) is 0 Å². The molecule has 0 saturated heterocycles. The molecule has 116 valence electrons. The number of amides is 1. The summed E-state index contributed by atoms with van der Waals surface area (Å²) in [4.78, 5) is 25.1. The Bertz CT molecular complexity index is 968. The maximum absolute atomic E-state index is 13.0. The van der Waals surface area contributed by atoms with Crippen LogP contribution < -0.4 is 11.3 Å². The largest absolute Gasteiger partial charge is 0.366 e. The number of benzene rings is 2. The molecule has 3 aromatic rings. The number of fused-ring (bicyclic) bond motifs is 1. The number of alkyl halides is 1. The molecule has 2 N–H and O–H groups in total. The lowest BCUT2D eigenvalue weighted by atomic mass is 10.0. The molecule has 1 aromatic heterocycles. The van der Waals surface area contributed by atoms with Gasteiger partial charge >= 0.3 is 0 Å². The van der Waals surface area contributed by atoms with Gasteiger partial charge in [-0.1, -0.05) is 57.9 Å². The van der Waals surface area contributed by atoms with Crippen LogP contribution in [-0.4, -0.2) is 10.5 Å². The Morgan fingerprint density at radius 3 is 2.43 bits per heavy atom. The van der Waals surface area contributed by atoms with Gasteiger partial charge in [-0.3, -0.25) is 14.2 Å². The average Bonchev–Trinajstić information content (AvgIpc) is 2.54. The first-order valence-electron chi connectivity index (χ1n) is 6.83. The van der Waals surface area contributed by atoms with E-state index in [1.54, 1.807) is 30.3 Å². The topological polar surface area (TPSA) is 65.1 Å². The van der Waals surface area contributed by atoms with Crippen molar-refractivity contribution < 1.29 is 4.79 Å². The van der Waals surface area contributed by atoms with E-state index >= 15 is 0 Å². The quantitative estimate of drug-likeness (QED) is 0.693. The highest BCUT2D eigenvalue weighted by Crippen LogP contribution is 2.28. The van der Waals surface area contributed by atoms with E-state index in [9.17, 15) is 9.59 Å². The number of pyridine rings is 1. The van der Waals surface area contributed by atoms with Gasteiger partial charge in [0.2, 0.25) is 0 Å². The van der Waals surface area contributed by atoms with Gasteiger partial charge in [0.05, 0.1) is 21.7 Å². The van der Waals surface area contributed by atoms with E-state index in [0.29, 0.717) is 32.7 Å². The number of halogens is 2. The Hall–Kier alpha value is -2.11. The number of hydrogen-bond donors (Lipinski definition) is 1. The summed E-state index contributed by atoms with van der Waals surface area (Å²) in [6, 6.07) is 14.1. The van der Waals surface area contributed by atoms with Gasteiger partial charge < -0.3 is 5.73 Å². The number of primary amides is 1. The van der Waals surface area contributed by atoms with Crippen molar-refractivity contribution in [2.45, 2.75) is 5.33 Å². The number of hydrogen-bond acceptors (Lipinski definition) is 2. The molecule has 0 aliphatic rings. The summed E-state index contributed by atoms with van der Waals surface area (Å²) in [7, 11) is 0. The Morgan fingerprint density at radius 2 is 1.83 bits per heavy atom. The van der Waals surface area contributed by atoms with Crippen LogP contribution in [0.5, 0.6) is 0 Å². The first-order chi connectivity index (χ1) is 11.1. The molecule has 3 rings (SSSR count). The molecule has 0 atom stereocenters. The first-order valence-corrected chi connectivity index (χ1v) is 8.33. The summed E-state index contributed by atoms with van der Waals surface area (Å²) in [5, 5.41) is 1.35. The van der Waals surface area contributed by atoms with Crippen molar-refractivity contribution >= 4 is 44.2 Å². The van der Waals surface area contributed by atoms with E-state index in [1.807, 2.05) is 18.2 Å². The second kappa shape index (κ2) is 6.18. The third-order valence-electron chi connectivity index (χ3n) is 3.65. The van der Waals surface area contributed by atoms with E-state index in [0.717, 1.165) is 0 Å². The van der Waals surface area contributed by atoms with Crippen molar-refractivity contribution in [2.75, 3.05) is 0 Å². The van der Waals surface area contributed by atoms with E-state index in [-0.39, 0.29) is 10.9 Å². The number of nitrogens with two attached hydrogens (primary N) is 1. The molecule has 0 radical (unpaired) electrons. The number of carbonyl (C=O) groups excluding carboxylic acids is 1. The van der Waals surface area contributed by atoms with Crippen LogP contribution in [0.3, 0.4) is 0 Å². The predicted octanol–water partition coefficient (Wildman–Crippen LogP) is 3.64. The van der Waals surface area contributed by atoms with Gasteiger partial charge in [0.25, 0.3) is 11.5 Å². The monoisotopic (exact) mass is 390 g/mol. The van der Waals surface area contributed by atoms with E-state index in [2.05, 4.69) is 15.9 Å². The molecule has 0 bridgehead atoms. The third-order valence-corrected chi connectivity index (χ3v) is 4.49. The minimum atomic E-state index is -0.601. The van der Waals surface area contributed by atoms with E-state index < -0.39 is 5.91 Å². The van der Waals surface area contributed by atoms with Crippen molar-refractivity contribution in [3.63, 3.8) is 0 Å². The van der Waals surface area contributed by atoms with Crippen LogP contribution in [0.2, 0.25) is 5.02 Å². The molecule has 0 unspecified atom stereocenters. The Balaban J connectivity index is 2.59. The molecular weight excluding hydrogens is 380 g/mol. The Labute approximate surface area is 145 Å². The maximum atomic E-state index is 13.0. The van der Waals surface area contributed by atoms with Crippen LogP contribution in [0.25, 0.3) is 16.5 Å². The number of carbonyl (C=O) groups is 1. The van der Waals surface area contributed by atoms with E-state index in [1.165, 1.54) is 4.57 Å². The molecule has 1 amide bonds. The minimum absolute atomic E-state index is 0.281. The molecule has 0 spiro atoms. The number of nitrogens with zero attached hydrogens (tertiary/aromatic N) is 1. The predicted molar refractivity (Wildman–Crippen MR) is 95.7 cm³/mol. The highest BCUT2D eigenvalue weighted by Gasteiger charge is 2.21. The zero-order chi connectivity index (χ0) is 16.6. The van der Waals surface area contributed by atoms with Gasteiger partial charge in [0, 0.05) is 16.4 Å². The van der Waals surface area contributed by atoms with E-state index in [4.69, 9.17) is 17.3 Å². The van der Waals surface area contributed by atoms with Crippen LogP contribution in [0.1, 0.15) is 16.1 Å². The molecule has 6 heteroatoms. The molecule has 1 heterocycles. The molecular formula is C17H12BrClN2O2. The summed E-state index contributed by atoms with van der Waals surface area (Å²) in [6.07, 6.45) is 0. The highest BCUT2D eigenvalue weighted by atomic mass is 79.9. The molecule has 4 nitrogen and oxygen atoms in total. The summed E-state index contributed by atoms with van der Waals surface area (Å²) >= 11 is 9.58. The number of aromatic nitrogens is 1. The van der Waals surface area contributed by atoms with Crippen LogP contribution in [0, 0.1) is 0 Å². The van der Waals surface area contributed by atoms with Crippen molar-refractivity contribution in [1.82, 2.24) is 4.57 Å². The SMILES string of the molecule is NC(=O)c1c(CBr)n(-c2ccccc2)c(=O)c2c(Cl)cccc12. The standard InChI is InChI=1S/C17H12BrClN2O2/c18-9-13-15(16(20)22)11-7-4-8-12(19)14(11)17(23)21(13)10-5-2-1-3-6-10/h1-8H,9H2,(H2,20,22). The van der Waals surface area contributed by atoms with Crippen LogP contribution in [-0.2, 0) is 5.33 Å². The molecule has 0 saturated carbocycles. The number of para-hydroxylation sites is 1. The normalized spacial score (nSPS) is 10.9. The van der Waals surface area contributed by atoms with Crippen LogP contribution in [0.4, 0.5) is 0 Å². The van der Waals surface area contributed by atoms with Crippen molar-refractivity contribution in [3.8, 4) is 5.69 Å². The van der Waals surface area contributed by atoms with Crippen molar-refractivity contribution in [1.29, 1.82) is 0 Å². The average molecular weight is 392 g/mol. The van der Waals surface area contributed by atoms with Crippen LogP contribution >= 0.6 is 27.5 Å².